The molecule has 0 amide bonds. The maximum atomic E-state index is 10.0. The van der Waals surface area contributed by atoms with E-state index in [0.29, 0.717) is 5.56 Å². The second-order valence-electron chi connectivity index (χ2n) is 2.51. The van der Waals surface area contributed by atoms with Crippen molar-refractivity contribution < 1.29 is 25.1 Å². The fraction of sp³-hybridized carbons (Fsp3) is 0.125. The van der Waals surface area contributed by atoms with E-state index in [4.69, 9.17) is 15.5 Å². The number of nitrogens with zero attached hydrogens (tertiary/aromatic N) is 1. The number of ether oxygens (including phenoxy) is 1. The number of carboxylic acid groups (broad SMARTS) is 1. The van der Waals surface area contributed by atoms with Gasteiger partial charge in [-0.25, -0.2) is 4.79 Å². The topological polar surface area (TPSA) is 90.2 Å². The molecule has 0 saturated heterocycles. The number of hydrogen-bond donors (Lipinski definition) is 3. The molecule has 0 aliphatic heterocycles. The van der Waals surface area contributed by atoms with Crippen LogP contribution in [0.5, 0.6) is 0 Å². The molecule has 14 heavy (non-hydrogen) atoms. The first kappa shape index (κ1) is 10.3. The van der Waals surface area contributed by atoms with Crippen molar-refractivity contribution in [2.24, 2.45) is 0 Å². The van der Waals surface area contributed by atoms with E-state index in [0.717, 1.165) is 0 Å². The highest BCUT2D eigenvalue weighted by molar-refractivity contribution is 5.56. The highest BCUT2D eigenvalue weighted by Gasteiger charge is 2.01. The monoisotopic (exact) mass is 199 g/mol. The molecule has 1 aromatic carbocycles. The average molecular weight is 199 g/mol. The van der Waals surface area contributed by atoms with Gasteiger partial charge in [-0.1, -0.05) is 12.1 Å². The van der Waals surface area contributed by atoms with E-state index in [9.17, 15) is 4.79 Å². The Hall–Kier alpha value is -1.79. The Bertz CT molecular complexity index is 308. The Morgan fingerprint density at radius 3 is 2.29 bits per heavy atom. The zero-order chi connectivity index (χ0) is 10.6. The van der Waals surface area contributed by atoms with Gasteiger partial charge < -0.3 is 9.84 Å². The number of anilines is 1. The van der Waals surface area contributed by atoms with Crippen molar-refractivity contribution in [1.29, 1.82) is 0 Å². The lowest BCUT2D eigenvalue weighted by Crippen LogP contribution is -2.10. The average Bonchev–Trinajstić information content (AvgIpc) is 2.15. The minimum Gasteiger partial charge on any atom is -0.450 e. The second-order valence-corrected chi connectivity index (χ2v) is 2.51. The third-order valence-electron chi connectivity index (χ3n) is 1.53. The van der Waals surface area contributed by atoms with Crippen LogP contribution in [-0.4, -0.2) is 21.7 Å². The summed E-state index contributed by atoms with van der Waals surface area (Å²) < 4.78 is 4.31. The Morgan fingerprint density at radius 1 is 1.29 bits per heavy atom. The van der Waals surface area contributed by atoms with E-state index in [1.807, 2.05) is 0 Å². The molecule has 0 heterocycles. The van der Waals surface area contributed by atoms with Gasteiger partial charge in [-0.3, -0.25) is 10.4 Å². The Kier molecular flexibility index (Phi) is 3.27. The van der Waals surface area contributed by atoms with Gasteiger partial charge in [-0.05, 0) is 17.7 Å². The van der Waals surface area contributed by atoms with Crippen LogP contribution >= 0.6 is 0 Å². The maximum Gasteiger partial charge on any atom is 0.506 e. The van der Waals surface area contributed by atoms with Crippen LogP contribution in [0, 0.1) is 0 Å². The molecule has 0 bridgehead atoms. The quantitative estimate of drug-likeness (QED) is 0.504. The van der Waals surface area contributed by atoms with Crippen molar-refractivity contribution in [1.82, 2.24) is 0 Å². The van der Waals surface area contributed by atoms with Gasteiger partial charge in [0.25, 0.3) is 0 Å². The van der Waals surface area contributed by atoms with Crippen LogP contribution in [-0.2, 0) is 11.3 Å². The van der Waals surface area contributed by atoms with E-state index >= 15 is 0 Å². The molecule has 0 aliphatic carbocycles. The summed E-state index contributed by atoms with van der Waals surface area (Å²) in [6.45, 7) is -0.0630. The minimum atomic E-state index is -1.35. The van der Waals surface area contributed by atoms with E-state index in [2.05, 4.69) is 4.74 Å². The van der Waals surface area contributed by atoms with E-state index in [1.165, 1.54) is 24.3 Å². The Balaban J connectivity index is 2.59. The molecule has 1 rings (SSSR count). The SMILES string of the molecule is O=C(O)OCc1ccc(N(O)O)cc1. The summed E-state index contributed by atoms with van der Waals surface area (Å²) in [5.41, 5.74) is 0.807. The fourth-order valence-corrected chi connectivity index (χ4v) is 0.871. The molecule has 1 aromatic rings. The lowest BCUT2D eigenvalue weighted by atomic mass is 10.2. The lowest BCUT2D eigenvalue weighted by molar-refractivity contribution is 0.0291. The van der Waals surface area contributed by atoms with Crippen molar-refractivity contribution >= 4 is 11.8 Å². The molecule has 0 unspecified atom stereocenters. The molecule has 6 heteroatoms. The van der Waals surface area contributed by atoms with Gasteiger partial charge in [0, 0.05) is 0 Å². The van der Waals surface area contributed by atoms with E-state index < -0.39 is 6.16 Å². The zero-order valence-electron chi connectivity index (χ0n) is 7.12. The standard InChI is InChI=1S/C8H9NO5/c10-8(11)14-5-6-1-3-7(4-2-6)9(12)13/h1-4,12-13H,5H2,(H,10,11). The highest BCUT2D eigenvalue weighted by Crippen LogP contribution is 2.12. The molecule has 0 aliphatic rings. The number of hydrogen-bond acceptors (Lipinski definition) is 5. The fourth-order valence-electron chi connectivity index (χ4n) is 0.871. The summed E-state index contributed by atoms with van der Waals surface area (Å²) in [6.07, 6.45) is -1.35. The molecule has 0 spiro atoms. The van der Waals surface area contributed by atoms with E-state index in [-0.39, 0.29) is 17.5 Å². The third kappa shape index (κ3) is 2.92. The van der Waals surface area contributed by atoms with E-state index in [1.54, 1.807) is 0 Å². The summed E-state index contributed by atoms with van der Waals surface area (Å²) in [4.78, 5) is 10.0. The number of carbonyl (C=O) groups is 1. The molecule has 0 atom stereocenters. The van der Waals surface area contributed by atoms with Gasteiger partial charge in [0.2, 0.25) is 0 Å². The first-order chi connectivity index (χ1) is 6.59. The van der Waals surface area contributed by atoms with Crippen LogP contribution in [0.2, 0.25) is 0 Å². The summed E-state index contributed by atoms with van der Waals surface area (Å²) >= 11 is 0. The molecule has 6 nitrogen and oxygen atoms in total. The number of rotatable bonds is 3. The molecular formula is C8H9NO5. The molecule has 0 saturated carbocycles. The smallest absolute Gasteiger partial charge is 0.450 e. The van der Waals surface area contributed by atoms with Crippen LogP contribution < -0.4 is 5.23 Å². The minimum absolute atomic E-state index is 0.0260. The molecule has 0 fully saturated rings. The predicted octanol–water partition coefficient (Wildman–Crippen LogP) is 1.47. The molecule has 0 aromatic heterocycles. The van der Waals surface area contributed by atoms with Crippen LogP contribution in [0.25, 0.3) is 0 Å². The van der Waals surface area contributed by atoms with Gasteiger partial charge >= 0.3 is 6.16 Å². The van der Waals surface area contributed by atoms with Crippen molar-refractivity contribution in [3.8, 4) is 0 Å². The first-order valence-corrected chi connectivity index (χ1v) is 3.72. The van der Waals surface area contributed by atoms with Crippen LogP contribution in [0.3, 0.4) is 0 Å². The van der Waals surface area contributed by atoms with Crippen molar-refractivity contribution in [3.05, 3.63) is 29.8 Å². The molecule has 76 valence electrons. The summed E-state index contributed by atoms with van der Waals surface area (Å²) in [5.74, 6) is 0. The summed E-state index contributed by atoms with van der Waals surface area (Å²) in [6, 6.07) is 5.89. The zero-order valence-corrected chi connectivity index (χ0v) is 7.12. The van der Waals surface area contributed by atoms with Gasteiger partial charge in [0.15, 0.2) is 0 Å². The van der Waals surface area contributed by atoms with Crippen LogP contribution in [0.4, 0.5) is 10.5 Å². The summed E-state index contributed by atoms with van der Waals surface area (Å²) in [5, 5.41) is 25.4. The van der Waals surface area contributed by atoms with Gasteiger partial charge in [0.1, 0.15) is 6.61 Å². The van der Waals surface area contributed by atoms with Crippen LogP contribution in [0.1, 0.15) is 5.56 Å². The normalized spacial score (nSPS) is 9.57. The Morgan fingerprint density at radius 2 is 1.86 bits per heavy atom. The Labute approximate surface area is 79.5 Å². The van der Waals surface area contributed by atoms with Crippen molar-refractivity contribution in [3.63, 3.8) is 0 Å². The first-order valence-electron chi connectivity index (χ1n) is 3.72. The highest BCUT2D eigenvalue weighted by atomic mass is 16.8. The lowest BCUT2D eigenvalue weighted by Gasteiger charge is -2.08. The maximum absolute atomic E-state index is 10.0. The molecule has 0 radical (unpaired) electrons. The number of benzene rings is 1. The van der Waals surface area contributed by atoms with Crippen molar-refractivity contribution in [2.45, 2.75) is 6.61 Å². The largest absolute Gasteiger partial charge is 0.506 e. The van der Waals surface area contributed by atoms with Gasteiger partial charge in [-0.15, -0.1) is 5.23 Å². The molecular weight excluding hydrogens is 190 g/mol. The predicted molar refractivity (Wildman–Crippen MR) is 45.3 cm³/mol. The van der Waals surface area contributed by atoms with Gasteiger partial charge in [0.05, 0.1) is 5.69 Å². The molecule has 3 N–H and O–H groups in total. The van der Waals surface area contributed by atoms with Crippen LogP contribution in [0.15, 0.2) is 24.3 Å². The van der Waals surface area contributed by atoms with Gasteiger partial charge in [-0.2, -0.15) is 0 Å². The summed E-state index contributed by atoms with van der Waals surface area (Å²) in [7, 11) is 0. The van der Waals surface area contributed by atoms with Crippen molar-refractivity contribution in [2.75, 3.05) is 5.23 Å². The second kappa shape index (κ2) is 4.45. The third-order valence-corrected chi connectivity index (χ3v) is 1.53.